The number of rotatable bonds is 3. The number of hydrogen-bond acceptors (Lipinski definition) is 6. The molecule has 1 unspecified atom stereocenters. The molecule has 2 aromatic heterocycles. The normalized spacial score (nSPS) is 21.6. The quantitative estimate of drug-likeness (QED) is 0.850. The first-order valence-electron chi connectivity index (χ1n) is 8.51. The predicted molar refractivity (Wildman–Crippen MR) is 97.5 cm³/mol. The second kappa shape index (κ2) is 5.98. The van der Waals surface area contributed by atoms with Crippen molar-refractivity contribution in [3.63, 3.8) is 0 Å². The van der Waals surface area contributed by atoms with Gasteiger partial charge in [-0.15, -0.1) is 5.10 Å². The van der Waals surface area contributed by atoms with E-state index in [1.54, 1.807) is 18.0 Å². The fourth-order valence-corrected chi connectivity index (χ4v) is 4.18. The summed E-state index contributed by atoms with van der Waals surface area (Å²) < 4.78 is 1.84. The lowest BCUT2D eigenvalue weighted by molar-refractivity contribution is -0.118. The molecule has 1 aliphatic heterocycles. The molecule has 0 bridgehead atoms. The van der Waals surface area contributed by atoms with E-state index in [1.165, 1.54) is 0 Å². The first kappa shape index (κ1) is 16.3. The fourth-order valence-electron chi connectivity index (χ4n) is 3.63. The van der Waals surface area contributed by atoms with Crippen LogP contribution in [0.2, 0.25) is 0 Å². The van der Waals surface area contributed by atoms with E-state index in [-0.39, 0.29) is 17.2 Å². The molecular formula is C18H21N5OS. The van der Waals surface area contributed by atoms with Crippen LogP contribution in [-0.2, 0) is 4.79 Å². The maximum Gasteiger partial charge on any atom is 0.227 e. The van der Waals surface area contributed by atoms with E-state index in [0.717, 1.165) is 34.2 Å². The summed E-state index contributed by atoms with van der Waals surface area (Å²) in [4.78, 5) is 21.8. The Labute approximate surface area is 151 Å². The first-order valence-corrected chi connectivity index (χ1v) is 9.49. The number of pyridine rings is 1. The summed E-state index contributed by atoms with van der Waals surface area (Å²) in [6.07, 6.45) is 4.93. The van der Waals surface area contributed by atoms with Crippen molar-refractivity contribution in [1.29, 1.82) is 0 Å². The molecule has 0 amide bonds. The molecule has 130 valence electrons. The first-order chi connectivity index (χ1) is 12.0. The van der Waals surface area contributed by atoms with Crippen LogP contribution >= 0.6 is 11.8 Å². The zero-order valence-corrected chi connectivity index (χ0v) is 15.4. The lowest BCUT2D eigenvalue weighted by atomic mass is 9.73. The van der Waals surface area contributed by atoms with E-state index in [4.69, 9.17) is 0 Å². The Bertz CT molecular complexity index is 856. The van der Waals surface area contributed by atoms with Crippen LogP contribution in [0.1, 0.15) is 45.2 Å². The number of nitrogens with one attached hydrogen (secondary N) is 1. The third-order valence-electron chi connectivity index (χ3n) is 4.59. The second-order valence-corrected chi connectivity index (χ2v) is 8.47. The molecule has 0 saturated heterocycles. The number of Topliss-reactive ketones (excluding diaryl/α,β-unsaturated/α-hetero) is 1. The highest BCUT2D eigenvalue weighted by Gasteiger charge is 2.41. The van der Waals surface area contributed by atoms with Crippen LogP contribution in [-0.4, -0.2) is 31.3 Å². The second-order valence-electron chi connectivity index (χ2n) is 7.24. The molecule has 1 atom stereocenters. The van der Waals surface area contributed by atoms with Gasteiger partial charge in [-0.05, 0) is 29.2 Å². The summed E-state index contributed by atoms with van der Waals surface area (Å²) in [5, 5.41) is 8.76. The van der Waals surface area contributed by atoms with Gasteiger partial charge < -0.3 is 5.32 Å². The summed E-state index contributed by atoms with van der Waals surface area (Å²) in [5.41, 5.74) is 2.69. The smallest absolute Gasteiger partial charge is 0.227 e. The highest BCUT2D eigenvalue weighted by molar-refractivity contribution is 7.99. The van der Waals surface area contributed by atoms with Crippen molar-refractivity contribution in [2.45, 2.75) is 44.8 Å². The van der Waals surface area contributed by atoms with Crippen LogP contribution in [0.4, 0.5) is 5.95 Å². The van der Waals surface area contributed by atoms with Crippen molar-refractivity contribution >= 4 is 23.5 Å². The maximum absolute atomic E-state index is 13.0. The molecular weight excluding hydrogens is 334 g/mol. The van der Waals surface area contributed by atoms with Crippen LogP contribution in [0.25, 0.3) is 0 Å². The van der Waals surface area contributed by atoms with Gasteiger partial charge in [0.1, 0.15) is 6.04 Å². The molecule has 1 N–H and O–H groups in total. The van der Waals surface area contributed by atoms with Crippen LogP contribution < -0.4 is 5.32 Å². The zero-order chi connectivity index (χ0) is 17.6. The van der Waals surface area contributed by atoms with Gasteiger partial charge in [-0.25, -0.2) is 4.68 Å². The Balaban J connectivity index is 1.88. The highest BCUT2D eigenvalue weighted by Crippen LogP contribution is 2.45. The Morgan fingerprint density at radius 3 is 2.96 bits per heavy atom. The fraction of sp³-hybridized carbons (Fsp3) is 0.444. The van der Waals surface area contributed by atoms with Crippen molar-refractivity contribution in [2.75, 3.05) is 11.1 Å². The topological polar surface area (TPSA) is 72.7 Å². The average Bonchev–Trinajstić information content (AvgIpc) is 2.95. The van der Waals surface area contributed by atoms with Crippen molar-refractivity contribution in [3.8, 4) is 0 Å². The molecule has 0 saturated carbocycles. The summed E-state index contributed by atoms with van der Waals surface area (Å²) in [7, 11) is 0. The van der Waals surface area contributed by atoms with Crippen LogP contribution in [0, 0.1) is 5.41 Å². The Hall–Kier alpha value is -2.15. The molecule has 2 aromatic rings. The number of thioether (sulfide) groups is 1. The number of carbonyl (C=O) groups excluding carboxylic acids is 1. The molecule has 3 heterocycles. The lowest BCUT2D eigenvalue weighted by Gasteiger charge is -2.38. The molecule has 2 aliphatic rings. The third kappa shape index (κ3) is 2.86. The standard InChI is InChI=1S/C18H21N5OS/c1-4-25-17-21-16-20-12-8-18(2,3)9-13(24)14(12)15(23(16)22-17)11-6-5-7-19-10-11/h5-7,10,15H,4,8-9H2,1-3H3,(H,20,21,22). The van der Waals surface area contributed by atoms with Gasteiger partial charge in [0.2, 0.25) is 11.1 Å². The van der Waals surface area contributed by atoms with E-state index in [9.17, 15) is 4.79 Å². The monoisotopic (exact) mass is 355 g/mol. The van der Waals surface area contributed by atoms with E-state index in [0.29, 0.717) is 12.4 Å². The summed E-state index contributed by atoms with van der Waals surface area (Å²) in [5.74, 6) is 1.78. The molecule has 0 aromatic carbocycles. The van der Waals surface area contributed by atoms with Gasteiger partial charge in [-0.1, -0.05) is 38.6 Å². The summed E-state index contributed by atoms with van der Waals surface area (Å²) in [6, 6.07) is 3.63. The number of nitrogens with zero attached hydrogens (tertiary/aromatic N) is 4. The van der Waals surface area contributed by atoms with Gasteiger partial charge in [0.15, 0.2) is 5.78 Å². The lowest BCUT2D eigenvalue weighted by Crippen LogP contribution is -2.36. The Morgan fingerprint density at radius 2 is 2.24 bits per heavy atom. The minimum absolute atomic E-state index is 0.0500. The molecule has 7 heteroatoms. The Kier molecular flexibility index (Phi) is 3.91. The largest absolute Gasteiger partial charge is 0.328 e. The van der Waals surface area contributed by atoms with Crippen molar-refractivity contribution in [3.05, 3.63) is 41.4 Å². The summed E-state index contributed by atoms with van der Waals surface area (Å²) >= 11 is 1.60. The number of carbonyl (C=O) groups is 1. The zero-order valence-electron chi connectivity index (χ0n) is 14.6. The van der Waals surface area contributed by atoms with Crippen molar-refractivity contribution < 1.29 is 4.79 Å². The van der Waals surface area contributed by atoms with Crippen molar-refractivity contribution in [2.24, 2.45) is 5.41 Å². The molecule has 6 nitrogen and oxygen atoms in total. The van der Waals surface area contributed by atoms with Gasteiger partial charge in [0, 0.05) is 30.1 Å². The minimum atomic E-state index is -0.262. The predicted octanol–water partition coefficient (Wildman–Crippen LogP) is 3.44. The van der Waals surface area contributed by atoms with Gasteiger partial charge in [-0.3, -0.25) is 9.78 Å². The van der Waals surface area contributed by atoms with Gasteiger partial charge in [0.05, 0.1) is 0 Å². The van der Waals surface area contributed by atoms with E-state index < -0.39 is 0 Å². The number of allylic oxidation sites excluding steroid dienone is 2. The van der Waals surface area contributed by atoms with Gasteiger partial charge in [0.25, 0.3) is 0 Å². The molecule has 0 spiro atoms. The SMILES string of the molecule is CCSc1nc2n(n1)C(c1cccnc1)C1=C(CC(C)(C)CC1=O)N2. The number of aromatic nitrogens is 4. The van der Waals surface area contributed by atoms with Crippen LogP contribution in [0.3, 0.4) is 0 Å². The number of fused-ring (bicyclic) bond motifs is 1. The van der Waals surface area contributed by atoms with E-state index in [1.807, 2.05) is 23.0 Å². The van der Waals surface area contributed by atoms with Crippen molar-refractivity contribution in [1.82, 2.24) is 19.7 Å². The third-order valence-corrected chi connectivity index (χ3v) is 5.31. The molecule has 4 rings (SSSR count). The summed E-state index contributed by atoms with van der Waals surface area (Å²) in [6.45, 7) is 6.34. The minimum Gasteiger partial charge on any atom is -0.328 e. The van der Waals surface area contributed by atoms with E-state index in [2.05, 4.69) is 41.2 Å². The number of ketones is 1. The average molecular weight is 355 g/mol. The van der Waals surface area contributed by atoms with Crippen LogP contribution in [0.15, 0.2) is 41.0 Å². The van der Waals surface area contributed by atoms with Crippen LogP contribution in [0.5, 0.6) is 0 Å². The van der Waals surface area contributed by atoms with E-state index >= 15 is 0 Å². The van der Waals surface area contributed by atoms with Gasteiger partial charge in [-0.2, -0.15) is 4.98 Å². The molecule has 0 fully saturated rings. The number of hydrogen-bond donors (Lipinski definition) is 1. The highest BCUT2D eigenvalue weighted by atomic mass is 32.2. The molecule has 1 aliphatic carbocycles. The number of anilines is 1. The Morgan fingerprint density at radius 1 is 1.40 bits per heavy atom. The molecule has 0 radical (unpaired) electrons. The molecule has 25 heavy (non-hydrogen) atoms. The van der Waals surface area contributed by atoms with Gasteiger partial charge >= 0.3 is 0 Å². The maximum atomic E-state index is 13.0.